The zero-order chi connectivity index (χ0) is 13.7. The fourth-order valence-electron chi connectivity index (χ4n) is 1.09. The van der Waals surface area contributed by atoms with Crippen LogP contribution in [0.3, 0.4) is 0 Å². The molecule has 0 aromatic heterocycles. The van der Waals surface area contributed by atoms with E-state index in [1.165, 1.54) is 13.8 Å². The van der Waals surface area contributed by atoms with Crippen LogP contribution in [0.15, 0.2) is 0 Å². The normalized spacial score (nSPS) is 18.6. The molecule has 2 unspecified atom stereocenters. The van der Waals surface area contributed by atoms with E-state index in [1.807, 2.05) is 0 Å². The van der Waals surface area contributed by atoms with E-state index >= 15 is 0 Å². The Labute approximate surface area is 98.3 Å². The second-order valence-corrected chi connectivity index (χ2v) is 4.10. The van der Waals surface area contributed by atoms with Crippen molar-refractivity contribution < 1.29 is 35.1 Å². The van der Waals surface area contributed by atoms with Crippen LogP contribution in [0.25, 0.3) is 0 Å². The molecule has 0 aromatic rings. The molecule has 0 aliphatic heterocycles. The third-order valence-electron chi connectivity index (χ3n) is 2.34. The monoisotopic (exact) mass is 250 g/mol. The van der Waals surface area contributed by atoms with Gasteiger partial charge in [-0.3, -0.25) is 9.59 Å². The second-order valence-electron chi connectivity index (χ2n) is 4.10. The van der Waals surface area contributed by atoms with Crippen LogP contribution in [0.4, 0.5) is 0 Å². The molecule has 0 amide bonds. The lowest BCUT2D eigenvalue weighted by Crippen LogP contribution is -2.48. The summed E-state index contributed by atoms with van der Waals surface area (Å²) in [5, 5.41) is 45.3. The van der Waals surface area contributed by atoms with Crippen LogP contribution < -0.4 is 0 Å². The number of carbonyl (C=O) groups is 2. The van der Waals surface area contributed by atoms with E-state index in [4.69, 9.17) is 15.3 Å². The van der Waals surface area contributed by atoms with Gasteiger partial charge in [-0.1, -0.05) is 13.8 Å². The molecule has 4 atom stereocenters. The minimum Gasteiger partial charge on any atom is -0.394 e. The lowest BCUT2D eigenvalue weighted by Gasteiger charge is -2.21. The Morgan fingerprint density at radius 1 is 0.941 bits per heavy atom. The summed E-state index contributed by atoms with van der Waals surface area (Å²) in [5.41, 5.74) is 0. The molecular weight excluding hydrogens is 232 g/mol. The van der Waals surface area contributed by atoms with Gasteiger partial charge in [-0.2, -0.15) is 0 Å². The van der Waals surface area contributed by atoms with E-state index < -0.39 is 48.5 Å². The summed E-state index contributed by atoms with van der Waals surface area (Å²) in [6.45, 7) is 2.16. The molecule has 7 nitrogen and oxygen atoms in total. The van der Waals surface area contributed by atoms with Gasteiger partial charge in [0, 0.05) is 0 Å². The Balaban J connectivity index is 4.65. The maximum Gasteiger partial charge on any atom is 0.232 e. The lowest BCUT2D eigenvalue weighted by atomic mass is 9.94. The highest BCUT2D eigenvalue weighted by Crippen LogP contribution is 2.09. The van der Waals surface area contributed by atoms with E-state index in [2.05, 4.69) is 0 Å². The van der Waals surface area contributed by atoms with Crippen molar-refractivity contribution >= 4 is 11.6 Å². The molecule has 0 rings (SSSR count). The third kappa shape index (κ3) is 4.14. The fraction of sp³-hybridized carbons (Fsp3) is 0.800. The molecule has 0 aliphatic carbocycles. The summed E-state index contributed by atoms with van der Waals surface area (Å²) in [6, 6.07) is 0. The Morgan fingerprint density at radius 3 is 1.71 bits per heavy atom. The number of rotatable bonds is 7. The topological polar surface area (TPSA) is 135 Å². The number of Topliss-reactive ketones (excluding diaryl/α,β-unsaturated/α-hetero) is 2. The van der Waals surface area contributed by atoms with Crippen molar-refractivity contribution in [2.75, 3.05) is 6.61 Å². The average molecular weight is 250 g/mol. The number of carbonyl (C=O) groups excluding carboxylic acids is 2. The molecule has 0 fully saturated rings. The van der Waals surface area contributed by atoms with Crippen molar-refractivity contribution in [3.63, 3.8) is 0 Å². The number of hydrogen-bond donors (Lipinski definition) is 5. The highest BCUT2D eigenvalue weighted by atomic mass is 16.4. The minimum absolute atomic E-state index is 0.457. The van der Waals surface area contributed by atoms with Crippen LogP contribution in [-0.4, -0.2) is 68.1 Å². The number of aliphatic hydroxyl groups is 5. The van der Waals surface area contributed by atoms with Crippen molar-refractivity contribution in [3.8, 4) is 0 Å². The first-order valence-corrected chi connectivity index (χ1v) is 5.15. The quantitative estimate of drug-likeness (QED) is 0.308. The highest BCUT2D eigenvalue weighted by Gasteiger charge is 2.36. The van der Waals surface area contributed by atoms with Gasteiger partial charge in [0.15, 0.2) is 0 Å². The van der Waals surface area contributed by atoms with Crippen molar-refractivity contribution in [1.29, 1.82) is 0 Å². The molecule has 100 valence electrons. The molecule has 0 heterocycles. The standard InChI is InChI=1S/C10H18O7/c1-4(2)6(13)8(15)10(17)9(16)7(14)5(12)3-11/h4-8,11-15H,3H2,1-2H3/t5-,6?,7-,8?/m1/s1. The summed E-state index contributed by atoms with van der Waals surface area (Å²) in [5.74, 6) is -3.30. The summed E-state index contributed by atoms with van der Waals surface area (Å²) in [7, 11) is 0. The number of hydrogen-bond acceptors (Lipinski definition) is 7. The Kier molecular flexibility index (Phi) is 6.43. The molecule has 5 N–H and O–H groups in total. The van der Waals surface area contributed by atoms with Crippen molar-refractivity contribution in [1.82, 2.24) is 0 Å². The van der Waals surface area contributed by atoms with Gasteiger partial charge in [0.1, 0.15) is 18.3 Å². The number of aliphatic hydroxyl groups excluding tert-OH is 5. The summed E-state index contributed by atoms with van der Waals surface area (Å²) >= 11 is 0. The van der Waals surface area contributed by atoms with Crippen molar-refractivity contribution in [2.45, 2.75) is 38.3 Å². The van der Waals surface area contributed by atoms with Crippen molar-refractivity contribution in [2.24, 2.45) is 5.92 Å². The Hall–Kier alpha value is -0.860. The summed E-state index contributed by atoms with van der Waals surface area (Å²) in [6.07, 6.45) is -7.30. The molecule has 0 saturated carbocycles. The molecular formula is C10H18O7. The molecule has 17 heavy (non-hydrogen) atoms. The second kappa shape index (κ2) is 6.77. The molecule has 0 radical (unpaired) electrons. The minimum atomic E-state index is -2.11. The van der Waals surface area contributed by atoms with Gasteiger partial charge in [-0.25, -0.2) is 0 Å². The summed E-state index contributed by atoms with van der Waals surface area (Å²) in [4.78, 5) is 22.6. The van der Waals surface area contributed by atoms with E-state index in [1.54, 1.807) is 0 Å². The van der Waals surface area contributed by atoms with E-state index in [9.17, 15) is 19.8 Å². The molecule has 0 aliphatic rings. The predicted molar refractivity (Wildman–Crippen MR) is 56.0 cm³/mol. The maximum atomic E-state index is 11.3. The first-order chi connectivity index (χ1) is 7.73. The lowest BCUT2D eigenvalue weighted by molar-refractivity contribution is -0.154. The van der Waals surface area contributed by atoms with E-state index in [-0.39, 0.29) is 0 Å². The molecule has 0 bridgehead atoms. The maximum absolute atomic E-state index is 11.3. The highest BCUT2D eigenvalue weighted by molar-refractivity contribution is 6.40. The van der Waals surface area contributed by atoms with E-state index in [0.29, 0.717) is 0 Å². The number of ketones is 2. The zero-order valence-corrected chi connectivity index (χ0v) is 9.65. The summed E-state index contributed by atoms with van der Waals surface area (Å²) < 4.78 is 0. The first kappa shape index (κ1) is 16.1. The van der Waals surface area contributed by atoms with Crippen LogP contribution in [-0.2, 0) is 9.59 Å². The first-order valence-electron chi connectivity index (χ1n) is 5.15. The van der Waals surface area contributed by atoms with Gasteiger partial charge >= 0.3 is 0 Å². The molecule has 0 saturated heterocycles. The van der Waals surface area contributed by atoms with Crippen molar-refractivity contribution in [3.05, 3.63) is 0 Å². The van der Waals surface area contributed by atoms with Gasteiger partial charge in [-0.05, 0) is 5.92 Å². The largest absolute Gasteiger partial charge is 0.394 e. The van der Waals surface area contributed by atoms with Gasteiger partial charge in [0.25, 0.3) is 0 Å². The molecule has 0 aromatic carbocycles. The predicted octanol–water partition coefficient (Wildman–Crippen LogP) is -2.78. The van der Waals surface area contributed by atoms with Crippen LogP contribution in [0.2, 0.25) is 0 Å². The van der Waals surface area contributed by atoms with E-state index in [0.717, 1.165) is 0 Å². The molecule has 0 spiro atoms. The van der Waals surface area contributed by atoms with Gasteiger partial charge in [-0.15, -0.1) is 0 Å². The van der Waals surface area contributed by atoms with Crippen LogP contribution in [0.1, 0.15) is 13.8 Å². The van der Waals surface area contributed by atoms with Crippen LogP contribution in [0.5, 0.6) is 0 Å². The molecule has 7 heteroatoms. The van der Waals surface area contributed by atoms with Gasteiger partial charge < -0.3 is 25.5 Å². The zero-order valence-electron chi connectivity index (χ0n) is 9.65. The average Bonchev–Trinajstić information content (AvgIpc) is 2.32. The Morgan fingerprint density at radius 2 is 1.35 bits per heavy atom. The van der Waals surface area contributed by atoms with Gasteiger partial charge in [0.05, 0.1) is 12.7 Å². The van der Waals surface area contributed by atoms with Gasteiger partial charge in [0.2, 0.25) is 11.6 Å². The van der Waals surface area contributed by atoms with Crippen LogP contribution in [0, 0.1) is 5.92 Å². The Bertz CT molecular complexity index is 276. The smallest absolute Gasteiger partial charge is 0.232 e. The SMILES string of the molecule is CC(C)C(O)C(O)C(=O)C(=O)[C@H](O)[C@H](O)CO. The van der Waals surface area contributed by atoms with Crippen LogP contribution >= 0.6 is 0 Å². The third-order valence-corrected chi connectivity index (χ3v) is 2.34. The fourth-order valence-corrected chi connectivity index (χ4v) is 1.09.